The first-order valence-electron chi connectivity index (χ1n) is 11.8. The Bertz CT molecular complexity index is 1520. The molecule has 0 radical (unpaired) electrons. The maximum Gasteiger partial charge on any atom is 0.329 e. The molecule has 2 N–H and O–H groups in total. The molecule has 0 aliphatic carbocycles. The zero-order valence-corrected chi connectivity index (χ0v) is 22.8. The van der Waals surface area contributed by atoms with Crippen molar-refractivity contribution in [2.75, 3.05) is 18.5 Å². The molecule has 4 rings (SSSR count). The Labute approximate surface area is 237 Å². The molecule has 11 heteroatoms. The van der Waals surface area contributed by atoms with Crippen molar-refractivity contribution >= 4 is 52.2 Å². The fourth-order valence-electron chi connectivity index (χ4n) is 3.76. The summed E-state index contributed by atoms with van der Waals surface area (Å²) in [5.41, 5.74) is 1.70. The first-order valence-corrected chi connectivity index (χ1v) is 12.8. The van der Waals surface area contributed by atoms with Crippen LogP contribution in [0.15, 0.2) is 66.4 Å². The highest BCUT2D eigenvalue weighted by molar-refractivity contribution is 14.1. The van der Waals surface area contributed by atoms with Crippen LogP contribution in [0.4, 0.5) is 14.9 Å². The number of para-hydroxylation sites is 1. The minimum atomic E-state index is -0.772. The molecule has 1 aliphatic rings. The molecule has 39 heavy (non-hydrogen) atoms. The van der Waals surface area contributed by atoms with Gasteiger partial charge in [0.25, 0.3) is 5.91 Å². The van der Waals surface area contributed by atoms with Crippen LogP contribution in [0.5, 0.6) is 11.5 Å². The van der Waals surface area contributed by atoms with Crippen molar-refractivity contribution in [3.05, 3.63) is 92.4 Å². The normalized spacial score (nSPS) is 13.7. The molecule has 0 saturated carbocycles. The molecule has 1 fully saturated rings. The summed E-state index contributed by atoms with van der Waals surface area (Å²) >= 11 is 2.08. The Kier molecular flexibility index (Phi) is 8.77. The molecule has 9 nitrogen and oxygen atoms in total. The van der Waals surface area contributed by atoms with Gasteiger partial charge >= 0.3 is 6.03 Å². The lowest BCUT2D eigenvalue weighted by atomic mass is 10.1. The Balaban J connectivity index is 1.51. The molecule has 198 valence electrons. The highest BCUT2D eigenvalue weighted by Crippen LogP contribution is 2.36. The molecule has 0 aromatic heterocycles. The van der Waals surface area contributed by atoms with E-state index in [0.717, 1.165) is 10.5 Å². The van der Waals surface area contributed by atoms with Crippen molar-refractivity contribution in [1.29, 1.82) is 5.26 Å². The van der Waals surface area contributed by atoms with Gasteiger partial charge in [0.05, 0.1) is 27.5 Å². The van der Waals surface area contributed by atoms with Crippen LogP contribution in [0.25, 0.3) is 6.08 Å². The highest BCUT2D eigenvalue weighted by atomic mass is 127. The molecule has 1 saturated heterocycles. The summed E-state index contributed by atoms with van der Waals surface area (Å²) in [7, 11) is 0. The van der Waals surface area contributed by atoms with Gasteiger partial charge in [0.1, 0.15) is 24.7 Å². The van der Waals surface area contributed by atoms with Gasteiger partial charge in [0.15, 0.2) is 11.5 Å². The molecule has 3 aromatic rings. The number of benzene rings is 3. The minimum absolute atomic E-state index is 0.0337. The number of nitrogens with one attached hydrogen (secondary N) is 2. The number of halogens is 2. The van der Waals surface area contributed by atoms with Crippen molar-refractivity contribution in [1.82, 2.24) is 10.2 Å². The number of nitrogens with zero attached hydrogens (tertiary/aromatic N) is 2. The van der Waals surface area contributed by atoms with Crippen molar-refractivity contribution in [3.8, 4) is 17.6 Å². The van der Waals surface area contributed by atoms with E-state index in [1.165, 1.54) is 24.3 Å². The first kappa shape index (κ1) is 27.6. The second kappa shape index (κ2) is 12.4. The summed E-state index contributed by atoms with van der Waals surface area (Å²) in [6, 6.07) is 17.5. The number of carbonyl (C=O) groups excluding carboxylic acids is 3. The van der Waals surface area contributed by atoms with Crippen molar-refractivity contribution in [2.24, 2.45) is 0 Å². The van der Waals surface area contributed by atoms with Crippen LogP contribution in [-0.4, -0.2) is 35.9 Å². The third kappa shape index (κ3) is 6.53. The number of hydrogen-bond donors (Lipinski definition) is 2. The van der Waals surface area contributed by atoms with Gasteiger partial charge in [-0.05, 0) is 71.5 Å². The van der Waals surface area contributed by atoms with E-state index in [2.05, 4.69) is 39.3 Å². The molecular weight excluding hydrogens is 618 g/mol. The van der Waals surface area contributed by atoms with Gasteiger partial charge in [-0.3, -0.25) is 9.59 Å². The number of anilines is 1. The summed E-state index contributed by atoms with van der Waals surface area (Å²) in [5, 5.41) is 14.1. The Morgan fingerprint density at radius 1 is 1.15 bits per heavy atom. The Hall–Kier alpha value is -4.44. The SMILES string of the molecule is CCOc1cc(/C=C2/NC(=O)N(CC(=O)Nc3ccccc3F)C2=O)cc(I)c1OCc1ccccc1C#N. The summed E-state index contributed by atoms with van der Waals surface area (Å²) in [5.74, 6) is -1.17. The maximum atomic E-state index is 13.8. The van der Waals surface area contributed by atoms with E-state index in [1.807, 2.05) is 13.0 Å². The maximum absolute atomic E-state index is 13.8. The largest absolute Gasteiger partial charge is 0.490 e. The van der Waals surface area contributed by atoms with E-state index in [-0.39, 0.29) is 18.0 Å². The molecule has 0 unspecified atom stereocenters. The second-order valence-corrected chi connectivity index (χ2v) is 9.39. The van der Waals surface area contributed by atoms with Crippen LogP contribution >= 0.6 is 22.6 Å². The molecule has 0 spiro atoms. The van der Waals surface area contributed by atoms with Gasteiger partial charge in [-0.1, -0.05) is 30.3 Å². The molecule has 0 bridgehead atoms. The topological polar surface area (TPSA) is 121 Å². The summed E-state index contributed by atoms with van der Waals surface area (Å²) in [4.78, 5) is 38.4. The number of carbonyl (C=O) groups is 3. The zero-order valence-electron chi connectivity index (χ0n) is 20.7. The van der Waals surface area contributed by atoms with Crippen molar-refractivity contribution < 1.29 is 28.2 Å². The molecule has 1 aliphatic heterocycles. The third-order valence-corrected chi connectivity index (χ3v) is 6.37. The standard InChI is InChI=1S/C28H22FIN4O5/c1-2-38-24-13-17(11-21(30)26(24)39-16-19-8-4-3-7-18(19)14-31)12-23-27(36)34(28(37)33-23)15-25(35)32-22-10-6-5-9-20(22)29/h3-13H,2,15-16H2,1H3,(H,32,35)(H,33,37)/b23-12+. The van der Waals surface area contributed by atoms with E-state index in [1.54, 1.807) is 36.4 Å². The lowest BCUT2D eigenvalue weighted by Gasteiger charge is -2.15. The van der Waals surface area contributed by atoms with Gasteiger partial charge in [-0.15, -0.1) is 0 Å². The van der Waals surface area contributed by atoms with Crippen LogP contribution in [0.3, 0.4) is 0 Å². The zero-order chi connectivity index (χ0) is 27.9. The van der Waals surface area contributed by atoms with Crippen molar-refractivity contribution in [2.45, 2.75) is 13.5 Å². The monoisotopic (exact) mass is 640 g/mol. The molecule has 3 aromatic carbocycles. The lowest BCUT2D eigenvalue weighted by molar-refractivity contribution is -0.127. The number of imide groups is 1. The summed E-state index contributed by atoms with van der Waals surface area (Å²) in [6.07, 6.45) is 1.47. The number of ether oxygens (including phenoxy) is 2. The van der Waals surface area contributed by atoms with Crippen LogP contribution in [0, 0.1) is 20.7 Å². The van der Waals surface area contributed by atoms with Gasteiger partial charge in [0, 0.05) is 5.56 Å². The average molecular weight is 640 g/mol. The van der Waals surface area contributed by atoms with E-state index in [0.29, 0.717) is 32.8 Å². The van der Waals surface area contributed by atoms with Gasteiger partial charge < -0.3 is 20.1 Å². The van der Waals surface area contributed by atoms with Crippen LogP contribution in [-0.2, 0) is 16.2 Å². The van der Waals surface area contributed by atoms with Crippen molar-refractivity contribution in [3.63, 3.8) is 0 Å². The minimum Gasteiger partial charge on any atom is -0.490 e. The third-order valence-electron chi connectivity index (χ3n) is 5.56. The van der Waals surface area contributed by atoms with E-state index in [9.17, 15) is 24.0 Å². The second-order valence-electron chi connectivity index (χ2n) is 8.23. The van der Waals surface area contributed by atoms with Crippen LogP contribution < -0.4 is 20.1 Å². The highest BCUT2D eigenvalue weighted by Gasteiger charge is 2.35. The number of urea groups is 1. The number of rotatable bonds is 9. The molecular formula is C28H22FIN4O5. The smallest absolute Gasteiger partial charge is 0.329 e. The van der Waals surface area contributed by atoms with Gasteiger partial charge in [-0.2, -0.15) is 5.26 Å². The Morgan fingerprint density at radius 2 is 1.90 bits per heavy atom. The predicted molar refractivity (Wildman–Crippen MR) is 149 cm³/mol. The fourth-order valence-corrected chi connectivity index (χ4v) is 4.54. The fraction of sp³-hybridized carbons (Fsp3) is 0.143. The van der Waals surface area contributed by atoms with Gasteiger partial charge in [-0.25, -0.2) is 14.1 Å². The van der Waals surface area contributed by atoms with Crippen LogP contribution in [0.1, 0.15) is 23.6 Å². The molecule has 4 amide bonds. The van der Waals surface area contributed by atoms with Gasteiger partial charge in [0.2, 0.25) is 5.91 Å². The molecule has 0 atom stereocenters. The number of nitriles is 1. The summed E-state index contributed by atoms with van der Waals surface area (Å²) < 4.78 is 26.3. The first-order chi connectivity index (χ1) is 18.8. The summed E-state index contributed by atoms with van der Waals surface area (Å²) in [6.45, 7) is 1.73. The Morgan fingerprint density at radius 3 is 2.64 bits per heavy atom. The average Bonchev–Trinajstić information content (AvgIpc) is 3.17. The quantitative estimate of drug-likeness (QED) is 0.197. The number of hydrogen-bond acceptors (Lipinski definition) is 6. The van der Waals surface area contributed by atoms with E-state index in [4.69, 9.17) is 9.47 Å². The predicted octanol–water partition coefficient (Wildman–Crippen LogP) is 4.81. The van der Waals surface area contributed by atoms with E-state index < -0.39 is 30.2 Å². The number of amides is 4. The van der Waals surface area contributed by atoms with E-state index >= 15 is 0 Å². The molecule has 1 heterocycles. The lowest BCUT2D eigenvalue weighted by Crippen LogP contribution is -2.38. The van der Waals surface area contributed by atoms with Crippen LogP contribution in [0.2, 0.25) is 0 Å².